The quantitative estimate of drug-likeness (QED) is 0.722. The smallest absolute Gasteiger partial charge is 0.226 e. The number of aromatic nitrogens is 3. The molecular formula is C22H19FN4O. The standard InChI is InChI=1S/C22H19FN4O/c1-13-9-11-14(12-10-13)20-19-17(7-4-8-18(19)28)24-22-25-21(26-27(20)22)15-5-2-3-6-16(15)23/h2-3,5-6,9-12,20H,4,7-8H2,1H3,(H,24,25,26). The van der Waals surface area contributed by atoms with Crippen molar-refractivity contribution in [3.05, 3.63) is 76.7 Å². The zero-order valence-corrected chi connectivity index (χ0v) is 15.4. The Morgan fingerprint density at radius 1 is 1.11 bits per heavy atom. The van der Waals surface area contributed by atoms with Gasteiger partial charge in [0.1, 0.15) is 11.9 Å². The Hall–Kier alpha value is -3.28. The van der Waals surface area contributed by atoms with Crippen LogP contribution in [-0.2, 0) is 4.79 Å². The number of allylic oxidation sites excluding steroid dienone is 2. The summed E-state index contributed by atoms with van der Waals surface area (Å²) in [4.78, 5) is 17.3. The average molecular weight is 374 g/mol. The maximum Gasteiger partial charge on any atom is 0.226 e. The van der Waals surface area contributed by atoms with E-state index >= 15 is 0 Å². The molecule has 2 heterocycles. The van der Waals surface area contributed by atoms with Crippen molar-refractivity contribution in [2.24, 2.45) is 0 Å². The number of carbonyl (C=O) groups is 1. The van der Waals surface area contributed by atoms with Gasteiger partial charge in [0, 0.05) is 17.7 Å². The molecule has 1 aliphatic heterocycles. The second kappa shape index (κ2) is 6.41. The Morgan fingerprint density at radius 2 is 1.89 bits per heavy atom. The van der Waals surface area contributed by atoms with Gasteiger partial charge in [-0.1, -0.05) is 42.0 Å². The highest BCUT2D eigenvalue weighted by molar-refractivity contribution is 5.99. The van der Waals surface area contributed by atoms with Gasteiger partial charge >= 0.3 is 0 Å². The summed E-state index contributed by atoms with van der Waals surface area (Å²) < 4.78 is 16.0. The Morgan fingerprint density at radius 3 is 2.68 bits per heavy atom. The molecule has 140 valence electrons. The van der Waals surface area contributed by atoms with Gasteiger partial charge in [-0.3, -0.25) is 4.79 Å². The minimum absolute atomic E-state index is 0.132. The highest BCUT2D eigenvalue weighted by Crippen LogP contribution is 2.40. The number of nitrogens with one attached hydrogen (secondary N) is 1. The maximum atomic E-state index is 14.3. The normalized spacial score (nSPS) is 18.5. The lowest BCUT2D eigenvalue weighted by Gasteiger charge is -2.32. The number of nitrogens with zero attached hydrogens (tertiary/aromatic N) is 3. The summed E-state index contributed by atoms with van der Waals surface area (Å²) in [6.07, 6.45) is 2.15. The van der Waals surface area contributed by atoms with E-state index < -0.39 is 0 Å². The third-order valence-corrected chi connectivity index (χ3v) is 5.38. The van der Waals surface area contributed by atoms with Crippen molar-refractivity contribution < 1.29 is 9.18 Å². The van der Waals surface area contributed by atoms with Gasteiger partial charge in [0.2, 0.25) is 5.95 Å². The lowest BCUT2D eigenvalue weighted by Crippen LogP contribution is -2.31. The lowest BCUT2D eigenvalue weighted by atomic mass is 9.85. The number of halogens is 1. The Labute approximate surface area is 161 Å². The van der Waals surface area contributed by atoms with Crippen molar-refractivity contribution in [3.8, 4) is 11.4 Å². The molecule has 5 rings (SSSR count). The first kappa shape index (κ1) is 16.9. The molecule has 1 aromatic heterocycles. The van der Waals surface area contributed by atoms with Gasteiger partial charge in [-0.2, -0.15) is 4.98 Å². The molecule has 1 N–H and O–H groups in total. The summed E-state index contributed by atoms with van der Waals surface area (Å²) in [5.41, 5.74) is 4.11. The van der Waals surface area contributed by atoms with Crippen LogP contribution < -0.4 is 5.32 Å². The zero-order chi connectivity index (χ0) is 19.3. The fraction of sp³-hybridized carbons (Fsp3) is 0.227. The van der Waals surface area contributed by atoms with Crippen molar-refractivity contribution in [2.45, 2.75) is 32.2 Å². The predicted octanol–water partition coefficient (Wildman–Crippen LogP) is 4.41. The molecule has 0 saturated heterocycles. The molecule has 0 saturated carbocycles. The number of hydrogen-bond acceptors (Lipinski definition) is 4. The molecule has 0 spiro atoms. The van der Waals surface area contributed by atoms with Gasteiger partial charge < -0.3 is 5.32 Å². The number of carbonyl (C=O) groups excluding carboxylic acids is 1. The minimum Gasteiger partial charge on any atom is -0.328 e. The predicted molar refractivity (Wildman–Crippen MR) is 104 cm³/mol. The SMILES string of the molecule is Cc1ccc(C2C3=C(CCCC3=O)Nc3nc(-c4ccccc4F)nn32)cc1. The molecule has 6 heteroatoms. The summed E-state index contributed by atoms with van der Waals surface area (Å²) in [7, 11) is 0. The number of hydrogen-bond donors (Lipinski definition) is 1. The van der Waals surface area contributed by atoms with E-state index in [9.17, 15) is 9.18 Å². The summed E-state index contributed by atoms with van der Waals surface area (Å²) in [5, 5.41) is 7.88. The van der Waals surface area contributed by atoms with Crippen LogP contribution >= 0.6 is 0 Å². The number of rotatable bonds is 2. The van der Waals surface area contributed by atoms with Gasteiger partial charge in [0.15, 0.2) is 11.6 Å². The molecule has 0 amide bonds. The Balaban J connectivity index is 1.69. The second-order valence-electron chi connectivity index (χ2n) is 7.29. The van der Waals surface area contributed by atoms with Gasteiger partial charge in [-0.15, -0.1) is 5.10 Å². The van der Waals surface area contributed by atoms with E-state index in [1.54, 1.807) is 22.9 Å². The van der Waals surface area contributed by atoms with Crippen LogP contribution in [-0.4, -0.2) is 20.5 Å². The number of ketones is 1. The van der Waals surface area contributed by atoms with Crippen molar-refractivity contribution >= 4 is 11.7 Å². The summed E-state index contributed by atoms with van der Waals surface area (Å²) in [6, 6.07) is 14.2. The first-order valence-corrected chi connectivity index (χ1v) is 9.43. The third kappa shape index (κ3) is 2.64. The van der Waals surface area contributed by atoms with Gasteiger partial charge in [-0.25, -0.2) is 9.07 Å². The van der Waals surface area contributed by atoms with Crippen LogP contribution in [0, 0.1) is 12.7 Å². The van der Waals surface area contributed by atoms with Crippen LogP contribution in [0.5, 0.6) is 0 Å². The second-order valence-corrected chi connectivity index (χ2v) is 7.29. The molecular weight excluding hydrogens is 355 g/mol. The number of Topliss-reactive ketones (excluding diaryl/α,β-unsaturated/α-hetero) is 1. The molecule has 1 atom stereocenters. The van der Waals surface area contributed by atoms with Crippen LogP contribution in [0.4, 0.5) is 10.3 Å². The fourth-order valence-electron chi connectivity index (χ4n) is 3.97. The fourth-order valence-corrected chi connectivity index (χ4v) is 3.97. The summed E-state index contributed by atoms with van der Waals surface area (Å²) in [6.45, 7) is 2.03. The Kier molecular flexibility index (Phi) is 3.86. The molecule has 2 aromatic carbocycles. The van der Waals surface area contributed by atoms with Crippen LogP contribution in [0.3, 0.4) is 0 Å². The van der Waals surface area contributed by atoms with E-state index in [4.69, 9.17) is 0 Å². The van der Waals surface area contributed by atoms with E-state index in [1.165, 1.54) is 6.07 Å². The van der Waals surface area contributed by atoms with E-state index in [1.807, 2.05) is 31.2 Å². The molecule has 1 unspecified atom stereocenters. The summed E-state index contributed by atoms with van der Waals surface area (Å²) >= 11 is 0. The van der Waals surface area contributed by atoms with Crippen molar-refractivity contribution in [1.29, 1.82) is 0 Å². The van der Waals surface area contributed by atoms with Crippen molar-refractivity contribution in [3.63, 3.8) is 0 Å². The van der Waals surface area contributed by atoms with Crippen LogP contribution in [0.25, 0.3) is 11.4 Å². The average Bonchev–Trinajstić information content (AvgIpc) is 3.11. The molecule has 0 radical (unpaired) electrons. The van der Waals surface area contributed by atoms with Gasteiger partial charge in [0.25, 0.3) is 0 Å². The third-order valence-electron chi connectivity index (χ3n) is 5.38. The molecule has 28 heavy (non-hydrogen) atoms. The molecule has 3 aromatic rings. The number of benzene rings is 2. The zero-order valence-electron chi connectivity index (χ0n) is 15.4. The van der Waals surface area contributed by atoms with Crippen LogP contribution in [0.1, 0.15) is 36.4 Å². The molecule has 2 aliphatic rings. The van der Waals surface area contributed by atoms with E-state index in [0.29, 0.717) is 23.8 Å². The Bertz CT molecular complexity index is 1110. The number of fused-ring (bicyclic) bond motifs is 1. The minimum atomic E-state index is -0.369. The first-order chi connectivity index (χ1) is 13.6. The van der Waals surface area contributed by atoms with E-state index in [-0.39, 0.29) is 17.6 Å². The monoisotopic (exact) mass is 374 g/mol. The molecule has 0 bridgehead atoms. The number of anilines is 1. The first-order valence-electron chi connectivity index (χ1n) is 9.43. The van der Waals surface area contributed by atoms with Crippen LogP contribution in [0.15, 0.2) is 59.8 Å². The molecule has 1 aliphatic carbocycles. The van der Waals surface area contributed by atoms with Crippen molar-refractivity contribution in [1.82, 2.24) is 14.8 Å². The van der Waals surface area contributed by atoms with E-state index in [0.717, 1.165) is 35.2 Å². The highest BCUT2D eigenvalue weighted by Gasteiger charge is 2.37. The van der Waals surface area contributed by atoms with E-state index in [2.05, 4.69) is 15.4 Å². The maximum absolute atomic E-state index is 14.3. The summed E-state index contributed by atoms with van der Waals surface area (Å²) in [5.74, 6) is 0.612. The highest BCUT2D eigenvalue weighted by atomic mass is 19.1. The molecule has 0 fully saturated rings. The van der Waals surface area contributed by atoms with Crippen molar-refractivity contribution in [2.75, 3.05) is 5.32 Å². The molecule has 5 nitrogen and oxygen atoms in total. The van der Waals surface area contributed by atoms with Gasteiger partial charge in [0.05, 0.1) is 5.56 Å². The largest absolute Gasteiger partial charge is 0.328 e. The van der Waals surface area contributed by atoms with Gasteiger partial charge in [-0.05, 0) is 37.5 Å². The lowest BCUT2D eigenvalue weighted by molar-refractivity contribution is -0.116. The van der Waals surface area contributed by atoms with Crippen LogP contribution in [0.2, 0.25) is 0 Å². The topological polar surface area (TPSA) is 59.8 Å². The number of aryl methyl sites for hydroxylation is 1.